The second-order valence-electron chi connectivity index (χ2n) is 3.47. The molecule has 0 aliphatic heterocycles. The van der Waals surface area contributed by atoms with E-state index in [0.717, 1.165) is 10.6 Å². The highest BCUT2D eigenvalue weighted by Gasteiger charge is 2.19. The number of carbonyl (C=O) groups excluding carboxylic acids is 1. The molecule has 0 aliphatic rings. The van der Waals surface area contributed by atoms with Gasteiger partial charge in [-0.05, 0) is 19.1 Å². The number of sulfonamides is 1. The zero-order chi connectivity index (χ0) is 13.1. The van der Waals surface area contributed by atoms with E-state index in [-0.39, 0.29) is 12.2 Å². The zero-order valence-corrected chi connectivity index (χ0v) is 10.8. The van der Waals surface area contributed by atoms with Crippen molar-refractivity contribution in [3.8, 4) is 0 Å². The van der Waals surface area contributed by atoms with Gasteiger partial charge in [0.1, 0.15) is 0 Å². The average Bonchev–Trinajstić information content (AvgIpc) is 2.27. The van der Waals surface area contributed by atoms with Gasteiger partial charge in [0.2, 0.25) is 10.0 Å². The van der Waals surface area contributed by atoms with Gasteiger partial charge in [-0.2, -0.15) is 0 Å². The molecular formula is C11H15NO4S. The number of para-hydroxylation sites is 1. The molecule has 0 unspecified atom stereocenters. The quantitative estimate of drug-likeness (QED) is 0.762. The summed E-state index contributed by atoms with van der Waals surface area (Å²) in [5.41, 5.74) is 0.552. The van der Waals surface area contributed by atoms with Crippen LogP contribution in [0, 0.1) is 0 Å². The number of rotatable bonds is 4. The topological polar surface area (TPSA) is 63.7 Å². The molecule has 0 aromatic heterocycles. The first kappa shape index (κ1) is 13.5. The summed E-state index contributed by atoms with van der Waals surface area (Å²) in [5, 5.41) is 0. The Morgan fingerprint density at radius 2 is 1.94 bits per heavy atom. The van der Waals surface area contributed by atoms with Crippen molar-refractivity contribution in [2.45, 2.75) is 6.92 Å². The molecule has 0 spiro atoms. The third-order valence-corrected chi connectivity index (χ3v) is 3.43. The number of ether oxygens (including phenoxy) is 1. The Balaban J connectivity index is 3.21. The van der Waals surface area contributed by atoms with E-state index >= 15 is 0 Å². The molecule has 1 aromatic rings. The van der Waals surface area contributed by atoms with Crippen molar-refractivity contribution >= 4 is 21.7 Å². The summed E-state index contributed by atoms with van der Waals surface area (Å²) in [7, 11) is -2.01. The molecule has 1 aromatic carbocycles. The molecule has 1 rings (SSSR count). The lowest BCUT2D eigenvalue weighted by Crippen LogP contribution is -2.26. The molecule has 0 atom stereocenters. The smallest absolute Gasteiger partial charge is 0.340 e. The van der Waals surface area contributed by atoms with Gasteiger partial charge in [-0.3, -0.25) is 4.31 Å². The second-order valence-corrected chi connectivity index (χ2v) is 5.48. The highest BCUT2D eigenvalue weighted by molar-refractivity contribution is 7.92. The van der Waals surface area contributed by atoms with Crippen molar-refractivity contribution in [3.63, 3.8) is 0 Å². The van der Waals surface area contributed by atoms with Crippen LogP contribution in [0.15, 0.2) is 24.3 Å². The Kier molecular flexibility index (Phi) is 4.11. The number of nitrogens with zero attached hydrogens (tertiary/aromatic N) is 1. The van der Waals surface area contributed by atoms with Crippen molar-refractivity contribution in [1.82, 2.24) is 0 Å². The van der Waals surface area contributed by atoms with E-state index in [1.165, 1.54) is 13.1 Å². The van der Waals surface area contributed by atoms with Gasteiger partial charge in [-0.1, -0.05) is 12.1 Å². The van der Waals surface area contributed by atoms with Crippen molar-refractivity contribution < 1.29 is 17.9 Å². The first-order chi connectivity index (χ1) is 7.88. The number of esters is 1. The Hall–Kier alpha value is -1.56. The number of carbonyl (C=O) groups is 1. The van der Waals surface area contributed by atoms with Gasteiger partial charge in [0.25, 0.3) is 0 Å². The molecule has 0 saturated heterocycles. The van der Waals surface area contributed by atoms with Crippen LogP contribution >= 0.6 is 0 Å². The van der Waals surface area contributed by atoms with Gasteiger partial charge in [0, 0.05) is 7.05 Å². The minimum Gasteiger partial charge on any atom is -0.462 e. The first-order valence-corrected chi connectivity index (χ1v) is 6.92. The Labute approximate surface area is 101 Å². The van der Waals surface area contributed by atoms with Crippen LogP contribution in [0.3, 0.4) is 0 Å². The molecule has 94 valence electrons. The third-order valence-electron chi connectivity index (χ3n) is 2.24. The summed E-state index contributed by atoms with van der Waals surface area (Å²) < 4.78 is 28.8. The normalized spacial score (nSPS) is 11.0. The summed E-state index contributed by atoms with van der Waals surface area (Å²) in [6.45, 7) is 1.94. The fraction of sp³-hybridized carbons (Fsp3) is 0.364. The van der Waals surface area contributed by atoms with Gasteiger partial charge in [0.05, 0.1) is 24.1 Å². The molecule has 5 nitrogen and oxygen atoms in total. The SMILES string of the molecule is CCOC(=O)c1ccccc1N(C)S(C)(=O)=O. The maximum Gasteiger partial charge on any atom is 0.340 e. The number of anilines is 1. The number of benzene rings is 1. The number of hydrogen-bond acceptors (Lipinski definition) is 4. The van der Waals surface area contributed by atoms with Gasteiger partial charge in [0.15, 0.2) is 0 Å². The monoisotopic (exact) mass is 257 g/mol. The van der Waals surface area contributed by atoms with Gasteiger partial charge in [-0.15, -0.1) is 0 Å². The molecule has 0 saturated carbocycles. The third kappa shape index (κ3) is 3.20. The summed E-state index contributed by atoms with van der Waals surface area (Å²) in [4.78, 5) is 11.7. The van der Waals surface area contributed by atoms with Crippen LogP contribution in [0.4, 0.5) is 5.69 Å². The summed E-state index contributed by atoms with van der Waals surface area (Å²) in [6, 6.07) is 6.42. The van der Waals surface area contributed by atoms with Gasteiger partial charge >= 0.3 is 5.97 Å². The lowest BCUT2D eigenvalue weighted by Gasteiger charge is -2.19. The lowest BCUT2D eigenvalue weighted by atomic mass is 10.2. The summed E-state index contributed by atoms with van der Waals surface area (Å²) in [6.07, 6.45) is 1.08. The summed E-state index contributed by atoms with van der Waals surface area (Å²) >= 11 is 0. The number of hydrogen-bond donors (Lipinski definition) is 0. The van der Waals surface area contributed by atoms with Crippen LogP contribution in [-0.4, -0.2) is 34.3 Å². The highest BCUT2D eigenvalue weighted by atomic mass is 32.2. The fourth-order valence-electron chi connectivity index (χ4n) is 1.31. The zero-order valence-electron chi connectivity index (χ0n) is 10.0. The molecule has 17 heavy (non-hydrogen) atoms. The van der Waals surface area contributed by atoms with Gasteiger partial charge in [-0.25, -0.2) is 13.2 Å². The second kappa shape index (κ2) is 5.18. The summed E-state index contributed by atoms with van der Waals surface area (Å²) in [5.74, 6) is -0.529. The maximum atomic E-state index is 11.7. The first-order valence-electron chi connectivity index (χ1n) is 5.08. The average molecular weight is 257 g/mol. The van der Waals surface area contributed by atoms with E-state index in [0.29, 0.717) is 5.69 Å². The standard InChI is InChI=1S/C11H15NO4S/c1-4-16-11(13)9-7-5-6-8-10(9)12(2)17(3,14)15/h5-8H,4H2,1-3H3. The maximum absolute atomic E-state index is 11.7. The van der Waals surface area contributed by atoms with Crippen LogP contribution in [0.1, 0.15) is 17.3 Å². The Morgan fingerprint density at radius 1 is 1.35 bits per heavy atom. The van der Waals surface area contributed by atoms with Crippen LogP contribution in [0.5, 0.6) is 0 Å². The Morgan fingerprint density at radius 3 is 2.47 bits per heavy atom. The Bertz CT molecular complexity index is 510. The van der Waals surface area contributed by atoms with Crippen molar-refractivity contribution in [3.05, 3.63) is 29.8 Å². The van der Waals surface area contributed by atoms with Crippen LogP contribution in [0.25, 0.3) is 0 Å². The molecule has 0 aliphatic carbocycles. The van der Waals surface area contributed by atoms with Crippen LogP contribution < -0.4 is 4.31 Å². The molecule has 0 fully saturated rings. The van der Waals surface area contributed by atoms with E-state index in [1.54, 1.807) is 25.1 Å². The van der Waals surface area contributed by atoms with E-state index in [2.05, 4.69) is 0 Å². The molecule has 0 heterocycles. The fourth-order valence-corrected chi connectivity index (χ4v) is 1.82. The largest absolute Gasteiger partial charge is 0.462 e. The molecule has 0 radical (unpaired) electrons. The predicted molar refractivity (Wildman–Crippen MR) is 65.6 cm³/mol. The lowest BCUT2D eigenvalue weighted by molar-refractivity contribution is 0.0527. The molecule has 0 bridgehead atoms. The van der Waals surface area contributed by atoms with E-state index in [4.69, 9.17) is 4.74 Å². The van der Waals surface area contributed by atoms with Crippen molar-refractivity contribution in [1.29, 1.82) is 0 Å². The van der Waals surface area contributed by atoms with E-state index in [9.17, 15) is 13.2 Å². The van der Waals surface area contributed by atoms with E-state index < -0.39 is 16.0 Å². The molecule has 0 amide bonds. The molecular weight excluding hydrogens is 242 g/mol. The van der Waals surface area contributed by atoms with Gasteiger partial charge < -0.3 is 4.74 Å². The van der Waals surface area contributed by atoms with Crippen LogP contribution in [-0.2, 0) is 14.8 Å². The van der Waals surface area contributed by atoms with Crippen molar-refractivity contribution in [2.24, 2.45) is 0 Å². The van der Waals surface area contributed by atoms with Crippen molar-refractivity contribution in [2.75, 3.05) is 24.2 Å². The highest BCUT2D eigenvalue weighted by Crippen LogP contribution is 2.21. The molecule has 0 N–H and O–H groups in total. The van der Waals surface area contributed by atoms with Crippen LogP contribution in [0.2, 0.25) is 0 Å². The van der Waals surface area contributed by atoms with E-state index in [1.807, 2.05) is 0 Å². The minimum atomic E-state index is -3.40. The predicted octanol–water partition coefficient (Wildman–Crippen LogP) is 1.26. The molecule has 6 heteroatoms. The minimum absolute atomic E-state index is 0.238.